The van der Waals surface area contributed by atoms with E-state index in [1.165, 1.54) is 31.1 Å². The maximum absolute atomic E-state index is 14.7. The highest BCUT2D eigenvalue weighted by Gasteiger charge is 2.61. The van der Waals surface area contributed by atoms with Crippen LogP contribution in [0.4, 0.5) is 4.39 Å². The number of Topliss-reactive ketones (excluding diaryl/α,β-unsaturated/α-hetero) is 1. The summed E-state index contributed by atoms with van der Waals surface area (Å²) in [6, 6.07) is 11.1. The Morgan fingerprint density at radius 2 is 1.79 bits per heavy atom. The number of imidazole rings is 1. The Balaban J connectivity index is 1.36. The first-order valence-corrected chi connectivity index (χ1v) is 21.6. The van der Waals surface area contributed by atoms with Gasteiger partial charge >= 0.3 is 16.2 Å². The molecule has 3 heterocycles. The van der Waals surface area contributed by atoms with Crippen molar-refractivity contribution in [1.29, 1.82) is 0 Å². The van der Waals surface area contributed by atoms with Gasteiger partial charge in [-0.15, -0.1) is 0 Å². The number of allylic oxidation sites excluding steroid dienone is 2. The minimum Gasteiger partial charge on any atom is -0.460 e. The van der Waals surface area contributed by atoms with Gasteiger partial charge in [0.25, 0.3) is 6.01 Å². The van der Waals surface area contributed by atoms with Crippen molar-refractivity contribution in [2.45, 2.75) is 116 Å². The Hall–Kier alpha value is -4.63. The highest BCUT2D eigenvalue weighted by atomic mass is 32.2. The second-order valence-corrected chi connectivity index (χ2v) is 19.3. The van der Waals surface area contributed by atoms with Crippen molar-refractivity contribution in [3.05, 3.63) is 60.4 Å². The smallest absolute Gasteiger partial charge is 0.307 e. The number of rotatable bonds is 9. The summed E-state index contributed by atoms with van der Waals surface area (Å²) in [7, 11) is -1.52. The first-order valence-electron chi connectivity index (χ1n) is 20.2. The van der Waals surface area contributed by atoms with Crippen LogP contribution in [0.2, 0.25) is 0 Å². The van der Waals surface area contributed by atoms with E-state index >= 15 is 0 Å². The molecule has 2 fully saturated rings. The predicted octanol–water partition coefficient (Wildman–Crippen LogP) is 6.53. The summed E-state index contributed by atoms with van der Waals surface area (Å²) >= 11 is 0. The van der Waals surface area contributed by atoms with Crippen molar-refractivity contribution < 1.29 is 41.5 Å². The molecule has 13 nitrogen and oxygen atoms in total. The number of halogens is 1. The Morgan fingerprint density at radius 1 is 1.07 bits per heavy atom. The summed E-state index contributed by atoms with van der Waals surface area (Å²) in [4.78, 5) is 62.8. The molecule has 6 rings (SSSR count). The molecule has 1 aromatic heterocycles. The van der Waals surface area contributed by atoms with E-state index in [-0.39, 0.29) is 61.9 Å². The topological polar surface area (TPSA) is 157 Å². The molecule has 15 heteroatoms. The maximum Gasteiger partial charge on any atom is 0.307 e. The SMILES string of the molecule is CC(C)n1c(O[C@@H]2C[C@H]3C(=O)C[C@]4(C(=O)NS(=O)(=O)N(C)C)C[C@H]4/C=C\CCCCC[C@H](CC(=O)OC(C)(C)C)C(=O)N3C2)nc2c(-c3ccc(F)cc3)cccc21. The van der Waals surface area contributed by atoms with Crippen LogP contribution in [-0.2, 0) is 34.1 Å². The standard InChI is InChI=1S/C43H56FN5O8S/c1-27(2)49-34-17-13-16-33(28-18-20-31(44)21-19-28)38(34)45-41(49)56-32-23-35-36(50)25-43(40(53)46-58(54,55)47(6)7)24-30(43)15-12-10-8-9-11-14-29(39(52)48(35)26-32)22-37(51)57-42(3,4)5/h12-13,15-21,27,29-30,32,35H,8-11,14,22-26H2,1-7H3,(H,46,53)/b15-12-/t29-,30-,32-,35+,43-/m1/s1. The average molecular weight is 822 g/mol. The van der Waals surface area contributed by atoms with Gasteiger partial charge in [-0.05, 0) is 90.0 Å². The van der Waals surface area contributed by atoms with Gasteiger partial charge in [0.05, 0.1) is 29.9 Å². The molecule has 0 bridgehead atoms. The summed E-state index contributed by atoms with van der Waals surface area (Å²) in [6.07, 6.45) is 6.49. The molecule has 3 aromatic rings. The summed E-state index contributed by atoms with van der Waals surface area (Å²) in [5, 5.41) is 0. The Kier molecular flexibility index (Phi) is 12.5. The third-order valence-electron chi connectivity index (χ3n) is 11.3. The Bertz CT molecular complexity index is 2180. The van der Waals surface area contributed by atoms with Crippen molar-refractivity contribution in [1.82, 2.24) is 23.5 Å². The number of hydrogen-bond acceptors (Lipinski definition) is 9. The number of fused-ring (bicyclic) bond motifs is 3. The second kappa shape index (κ2) is 16.9. The largest absolute Gasteiger partial charge is 0.460 e. The first kappa shape index (κ1) is 43.0. The number of benzene rings is 2. The molecule has 1 N–H and O–H groups in total. The molecular formula is C43H56FN5O8S. The average Bonchev–Trinajstić information content (AvgIpc) is 3.46. The number of para-hydroxylation sites is 1. The van der Waals surface area contributed by atoms with Gasteiger partial charge in [-0.3, -0.25) is 23.7 Å². The summed E-state index contributed by atoms with van der Waals surface area (Å²) < 4.78 is 56.8. The number of esters is 1. The molecule has 58 heavy (non-hydrogen) atoms. The molecule has 1 saturated heterocycles. The molecule has 314 valence electrons. The maximum atomic E-state index is 14.7. The Labute approximate surface area is 340 Å². The molecule has 2 aliphatic heterocycles. The van der Waals surface area contributed by atoms with E-state index in [2.05, 4.69) is 4.72 Å². The van der Waals surface area contributed by atoms with Crippen LogP contribution in [0.25, 0.3) is 22.2 Å². The molecular weight excluding hydrogens is 766 g/mol. The van der Waals surface area contributed by atoms with Crippen LogP contribution in [0.15, 0.2) is 54.6 Å². The van der Waals surface area contributed by atoms with Gasteiger partial charge in [-0.1, -0.05) is 49.3 Å². The first-order chi connectivity index (χ1) is 27.3. The Morgan fingerprint density at radius 3 is 2.47 bits per heavy atom. The van der Waals surface area contributed by atoms with Gasteiger partial charge in [0.15, 0.2) is 5.78 Å². The zero-order valence-corrected chi connectivity index (χ0v) is 35.3. The van der Waals surface area contributed by atoms with E-state index in [0.717, 1.165) is 33.8 Å². The highest BCUT2D eigenvalue weighted by Crippen LogP contribution is 2.57. The zero-order valence-electron chi connectivity index (χ0n) is 34.5. The number of hydrogen-bond donors (Lipinski definition) is 1. The minimum atomic E-state index is -4.14. The summed E-state index contributed by atoms with van der Waals surface area (Å²) in [5.41, 5.74) is 0.912. The van der Waals surface area contributed by atoms with Gasteiger partial charge in [0.2, 0.25) is 11.8 Å². The fourth-order valence-electron chi connectivity index (χ4n) is 8.21. The van der Waals surface area contributed by atoms with Crippen LogP contribution in [0.5, 0.6) is 6.01 Å². The van der Waals surface area contributed by atoms with E-state index in [4.69, 9.17) is 14.5 Å². The molecule has 0 spiro atoms. The van der Waals surface area contributed by atoms with Crippen LogP contribution in [0.1, 0.15) is 98.4 Å². The van der Waals surface area contributed by atoms with E-state index in [0.29, 0.717) is 24.8 Å². The van der Waals surface area contributed by atoms with Crippen LogP contribution in [-0.4, -0.2) is 89.1 Å². The van der Waals surface area contributed by atoms with Crippen LogP contribution in [0.3, 0.4) is 0 Å². The predicted molar refractivity (Wildman–Crippen MR) is 217 cm³/mol. The van der Waals surface area contributed by atoms with Crippen molar-refractivity contribution >= 4 is 44.8 Å². The normalized spacial score (nSPS) is 25.2. The van der Waals surface area contributed by atoms with E-state index in [1.54, 1.807) is 32.9 Å². The van der Waals surface area contributed by atoms with Gasteiger partial charge in [-0.25, -0.2) is 9.11 Å². The van der Waals surface area contributed by atoms with Gasteiger partial charge < -0.3 is 14.4 Å². The number of amides is 2. The fraction of sp³-hybridized carbons (Fsp3) is 0.558. The van der Waals surface area contributed by atoms with Crippen molar-refractivity contribution in [2.75, 3.05) is 20.6 Å². The third kappa shape index (κ3) is 9.46. The van der Waals surface area contributed by atoms with E-state index < -0.39 is 56.9 Å². The number of nitrogens with one attached hydrogen (secondary N) is 1. The van der Waals surface area contributed by atoms with Crippen molar-refractivity contribution in [2.24, 2.45) is 17.3 Å². The fourth-order valence-corrected chi connectivity index (χ4v) is 8.83. The lowest BCUT2D eigenvalue weighted by Gasteiger charge is -2.29. The van der Waals surface area contributed by atoms with E-state index in [1.807, 2.05) is 48.8 Å². The molecule has 0 radical (unpaired) electrons. The molecule has 1 aliphatic carbocycles. The van der Waals surface area contributed by atoms with Crippen LogP contribution in [0, 0.1) is 23.1 Å². The number of carbonyl (C=O) groups is 4. The monoisotopic (exact) mass is 821 g/mol. The zero-order chi connectivity index (χ0) is 42.2. The minimum absolute atomic E-state index is 0.0176. The molecule has 2 amide bonds. The molecule has 2 aromatic carbocycles. The molecule has 5 atom stereocenters. The lowest BCUT2D eigenvalue weighted by Crippen LogP contribution is -2.47. The lowest BCUT2D eigenvalue weighted by molar-refractivity contribution is -0.159. The second-order valence-electron chi connectivity index (χ2n) is 17.4. The highest BCUT2D eigenvalue weighted by molar-refractivity contribution is 7.87. The van der Waals surface area contributed by atoms with Crippen molar-refractivity contribution in [3.8, 4) is 17.1 Å². The number of ether oxygens (including phenoxy) is 2. The quantitative estimate of drug-likeness (QED) is 0.187. The number of carbonyl (C=O) groups excluding carboxylic acids is 4. The third-order valence-corrected chi connectivity index (χ3v) is 12.7. The molecule has 0 unspecified atom stereocenters. The lowest BCUT2D eigenvalue weighted by atomic mass is 9.90. The number of aromatic nitrogens is 2. The van der Waals surface area contributed by atoms with Gasteiger partial charge in [0.1, 0.15) is 23.0 Å². The molecule has 3 aliphatic rings. The van der Waals surface area contributed by atoms with Crippen LogP contribution >= 0.6 is 0 Å². The number of nitrogens with zero attached hydrogens (tertiary/aromatic N) is 4. The van der Waals surface area contributed by atoms with Gasteiger partial charge in [0, 0.05) is 44.5 Å². The van der Waals surface area contributed by atoms with E-state index in [9.17, 15) is 32.0 Å². The number of ketones is 1. The van der Waals surface area contributed by atoms with Crippen molar-refractivity contribution in [3.63, 3.8) is 0 Å². The van der Waals surface area contributed by atoms with Crippen LogP contribution < -0.4 is 9.46 Å². The summed E-state index contributed by atoms with van der Waals surface area (Å²) in [6.45, 7) is 9.30. The van der Waals surface area contributed by atoms with Gasteiger partial charge in [-0.2, -0.15) is 17.7 Å². The molecule has 1 saturated carbocycles. The summed E-state index contributed by atoms with van der Waals surface area (Å²) in [5.74, 6) is -3.52.